The fourth-order valence-electron chi connectivity index (χ4n) is 1.61. The molecule has 0 amide bonds. The fraction of sp³-hybridized carbons (Fsp3) is 0.214. The van der Waals surface area contributed by atoms with Gasteiger partial charge in [0.2, 0.25) is 0 Å². The van der Waals surface area contributed by atoms with Crippen molar-refractivity contribution in [2.24, 2.45) is 0 Å². The molecule has 0 bridgehead atoms. The number of furan rings is 1. The SMILES string of the molecule is CCOC(=O)c1ccoc1-c1ccc(C)cc1. The van der Waals surface area contributed by atoms with E-state index in [1.54, 1.807) is 13.0 Å². The minimum absolute atomic E-state index is 0.350. The van der Waals surface area contributed by atoms with Crippen LogP contribution in [0.5, 0.6) is 0 Å². The van der Waals surface area contributed by atoms with Crippen molar-refractivity contribution in [3.63, 3.8) is 0 Å². The number of carbonyl (C=O) groups excluding carboxylic acids is 1. The maximum atomic E-state index is 11.7. The fourth-order valence-corrected chi connectivity index (χ4v) is 1.61. The van der Waals surface area contributed by atoms with E-state index >= 15 is 0 Å². The molecule has 0 aliphatic rings. The minimum Gasteiger partial charge on any atom is -0.463 e. The molecule has 88 valence electrons. The Hall–Kier alpha value is -2.03. The quantitative estimate of drug-likeness (QED) is 0.758. The van der Waals surface area contributed by atoms with Crippen LogP contribution in [0, 0.1) is 6.92 Å². The highest BCUT2D eigenvalue weighted by molar-refractivity contribution is 5.95. The van der Waals surface area contributed by atoms with Crippen molar-refractivity contribution in [1.82, 2.24) is 0 Å². The lowest BCUT2D eigenvalue weighted by Crippen LogP contribution is -2.04. The topological polar surface area (TPSA) is 39.4 Å². The molecule has 2 aromatic rings. The smallest absolute Gasteiger partial charge is 0.342 e. The number of carbonyl (C=O) groups is 1. The molecule has 0 aliphatic heterocycles. The van der Waals surface area contributed by atoms with Crippen molar-refractivity contribution < 1.29 is 13.9 Å². The van der Waals surface area contributed by atoms with E-state index < -0.39 is 0 Å². The second-order valence-corrected chi connectivity index (χ2v) is 3.75. The predicted molar refractivity (Wildman–Crippen MR) is 64.8 cm³/mol. The average molecular weight is 230 g/mol. The molecule has 0 fully saturated rings. The number of ether oxygens (including phenoxy) is 1. The Morgan fingerprint density at radius 3 is 2.59 bits per heavy atom. The monoisotopic (exact) mass is 230 g/mol. The van der Waals surface area contributed by atoms with Gasteiger partial charge in [0.25, 0.3) is 0 Å². The molecule has 1 aromatic heterocycles. The van der Waals surface area contributed by atoms with Crippen molar-refractivity contribution in [2.75, 3.05) is 6.61 Å². The highest BCUT2D eigenvalue weighted by atomic mass is 16.5. The molecule has 0 unspecified atom stereocenters. The summed E-state index contributed by atoms with van der Waals surface area (Å²) < 4.78 is 10.3. The summed E-state index contributed by atoms with van der Waals surface area (Å²) in [5.41, 5.74) is 2.51. The molecule has 1 heterocycles. The maximum absolute atomic E-state index is 11.7. The Morgan fingerprint density at radius 1 is 1.24 bits per heavy atom. The Bertz CT molecular complexity index is 509. The second-order valence-electron chi connectivity index (χ2n) is 3.75. The zero-order valence-electron chi connectivity index (χ0n) is 9.90. The molecule has 0 aliphatic carbocycles. The number of esters is 1. The number of hydrogen-bond acceptors (Lipinski definition) is 3. The predicted octanol–water partition coefficient (Wildman–Crippen LogP) is 3.43. The van der Waals surface area contributed by atoms with Gasteiger partial charge in [-0.15, -0.1) is 0 Å². The van der Waals surface area contributed by atoms with Gasteiger partial charge in [0.1, 0.15) is 11.3 Å². The molecule has 0 saturated heterocycles. The van der Waals surface area contributed by atoms with Crippen LogP contribution in [0.2, 0.25) is 0 Å². The van der Waals surface area contributed by atoms with Crippen LogP contribution in [-0.2, 0) is 4.74 Å². The van der Waals surface area contributed by atoms with Gasteiger partial charge in [-0.2, -0.15) is 0 Å². The zero-order valence-corrected chi connectivity index (χ0v) is 9.90. The van der Waals surface area contributed by atoms with E-state index in [4.69, 9.17) is 9.15 Å². The van der Waals surface area contributed by atoms with E-state index in [0.29, 0.717) is 17.9 Å². The van der Waals surface area contributed by atoms with Gasteiger partial charge >= 0.3 is 5.97 Å². The minimum atomic E-state index is -0.350. The lowest BCUT2D eigenvalue weighted by molar-refractivity contribution is 0.0527. The maximum Gasteiger partial charge on any atom is 0.342 e. The van der Waals surface area contributed by atoms with Crippen LogP contribution in [0.3, 0.4) is 0 Å². The summed E-state index contributed by atoms with van der Waals surface area (Å²) in [5, 5.41) is 0. The van der Waals surface area contributed by atoms with Gasteiger partial charge in [0.05, 0.1) is 12.9 Å². The van der Waals surface area contributed by atoms with Crippen LogP contribution in [0.15, 0.2) is 41.0 Å². The third-order valence-corrected chi connectivity index (χ3v) is 2.47. The van der Waals surface area contributed by atoms with Crippen LogP contribution in [0.4, 0.5) is 0 Å². The van der Waals surface area contributed by atoms with Gasteiger partial charge in [-0.1, -0.05) is 29.8 Å². The first-order valence-electron chi connectivity index (χ1n) is 5.54. The van der Waals surface area contributed by atoms with Crippen molar-refractivity contribution in [3.05, 3.63) is 47.7 Å². The molecule has 0 N–H and O–H groups in total. The van der Waals surface area contributed by atoms with Crippen molar-refractivity contribution in [1.29, 1.82) is 0 Å². The molecule has 0 spiro atoms. The first-order chi connectivity index (χ1) is 8.22. The van der Waals surface area contributed by atoms with Gasteiger partial charge in [-0.25, -0.2) is 4.79 Å². The Labute approximate surface area is 100 Å². The molecule has 17 heavy (non-hydrogen) atoms. The van der Waals surface area contributed by atoms with Gasteiger partial charge in [0, 0.05) is 5.56 Å². The van der Waals surface area contributed by atoms with E-state index in [-0.39, 0.29) is 5.97 Å². The lowest BCUT2D eigenvalue weighted by Gasteiger charge is -2.03. The Kier molecular flexibility index (Phi) is 3.28. The highest BCUT2D eigenvalue weighted by Crippen LogP contribution is 2.25. The van der Waals surface area contributed by atoms with E-state index in [1.165, 1.54) is 6.26 Å². The van der Waals surface area contributed by atoms with Gasteiger partial charge in [0.15, 0.2) is 0 Å². The summed E-state index contributed by atoms with van der Waals surface area (Å²) in [4.78, 5) is 11.7. The van der Waals surface area contributed by atoms with Crippen LogP contribution in [0.25, 0.3) is 11.3 Å². The third kappa shape index (κ3) is 2.38. The third-order valence-electron chi connectivity index (χ3n) is 2.47. The Morgan fingerprint density at radius 2 is 1.94 bits per heavy atom. The molecule has 3 nitrogen and oxygen atoms in total. The Balaban J connectivity index is 2.36. The molecule has 0 radical (unpaired) electrons. The summed E-state index contributed by atoms with van der Waals surface area (Å²) in [6.07, 6.45) is 1.50. The van der Waals surface area contributed by atoms with Gasteiger partial charge in [-0.3, -0.25) is 0 Å². The normalized spacial score (nSPS) is 10.2. The molecule has 0 saturated carbocycles. The number of aryl methyl sites for hydroxylation is 1. The van der Waals surface area contributed by atoms with Crippen LogP contribution in [0.1, 0.15) is 22.8 Å². The average Bonchev–Trinajstić information content (AvgIpc) is 2.79. The summed E-state index contributed by atoms with van der Waals surface area (Å²) in [5.74, 6) is 0.209. The first kappa shape index (κ1) is 11.5. The van der Waals surface area contributed by atoms with E-state index in [0.717, 1.165) is 11.1 Å². The standard InChI is InChI=1S/C14H14O3/c1-3-16-14(15)12-8-9-17-13(12)11-6-4-10(2)5-7-11/h4-9H,3H2,1-2H3. The molecule has 0 atom stereocenters. The molecule has 3 heteroatoms. The van der Waals surface area contributed by atoms with Crippen molar-refractivity contribution in [3.8, 4) is 11.3 Å². The summed E-state index contributed by atoms with van der Waals surface area (Å²) in [6.45, 7) is 4.15. The molecular weight excluding hydrogens is 216 g/mol. The largest absolute Gasteiger partial charge is 0.463 e. The second kappa shape index (κ2) is 4.87. The van der Waals surface area contributed by atoms with Crippen LogP contribution in [-0.4, -0.2) is 12.6 Å². The van der Waals surface area contributed by atoms with Gasteiger partial charge < -0.3 is 9.15 Å². The highest BCUT2D eigenvalue weighted by Gasteiger charge is 2.16. The summed E-state index contributed by atoms with van der Waals surface area (Å²) in [7, 11) is 0. The lowest BCUT2D eigenvalue weighted by atomic mass is 10.1. The number of hydrogen-bond donors (Lipinski definition) is 0. The summed E-state index contributed by atoms with van der Waals surface area (Å²) in [6, 6.07) is 9.44. The summed E-state index contributed by atoms with van der Waals surface area (Å²) >= 11 is 0. The zero-order chi connectivity index (χ0) is 12.3. The molecule has 1 aromatic carbocycles. The van der Waals surface area contributed by atoms with E-state index in [2.05, 4.69) is 0 Å². The number of benzene rings is 1. The number of rotatable bonds is 3. The molecule has 2 rings (SSSR count). The first-order valence-corrected chi connectivity index (χ1v) is 5.54. The van der Waals surface area contributed by atoms with Gasteiger partial charge in [-0.05, 0) is 19.9 Å². The van der Waals surface area contributed by atoms with E-state index in [1.807, 2.05) is 31.2 Å². The van der Waals surface area contributed by atoms with E-state index in [9.17, 15) is 4.79 Å². The van der Waals surface area contributed by atoms with Crippen LogP contribution >= 0.6 is 0 Å². The van der Waals surface area contributed by atoms with Crippen molar-refractivity contribution >= 4 is 5.97 Å². The van der Waals surface area contributed by atoms with Crippen molar-refractivity contribution in [2.45, 2.75) is 13.8 Å². The molecular formula is C14H14O3. The van der Waals surface area contributed by atoms with Crippen LogP contribution < -0.4 is 0 Å².